The van der Waals surface area contributed by atoms with Gasteiger partial charge in [-0.15, -0.1) is 0 Å². The lowest BCUT2D eigenvalue weighted by molar-refractivity contribution is 0.317. The van der Waals surface area contributed by atoms with Gasteiger partial charge in [0, 0.05) is 11.5 Å². The van der Waals surface area contributed by atoms with E-state index in [0.717, 1.165) is 11.3 Å². The molecule has 0 aliphatic carbocycles. The van der Waals surface area contributed by atoms with Crippen LogP contribution in [0.3, 0.4) is 0 Å². The van der Waals surface area contributed by atoms with E-state index in [-0.39, 0.29) is 17.5 Å². The summed E-state index contributed by atoms with van der Waals surface area (Å²) in [4.78, 5) is 4.42. The summed E-state index contributed by atoms with van der Waals surface area (Å²) >= 11 is 0. The van der Waals surface area contributed by atoms with Crippen molar-refractivity contribution in [3.8, 4) is 0 Å². The van der Waals surface area contributed by atoms with Crippen LogP contribution in [0.2, 0.25) is 0 Å². The highest BCUT2D eigenvalue weighted by Gasteiger charge is 2.26. The summed E-state index contributed by atoms with van der Waals surface area (Å²) in [7, 11) is 3.87. The Bertz CT molecular complexity index is 868. The largest absolute Gasteiger partial charge is 0.475 e. The third-order valence-corrected chi connectivity index (χ3v) is 8.51. The van der Waals surface area contributed by atoms with Crippen LogP contribution in [0.25, 0.3) is 0 Å². The SMILES string of the molecule is CCCCCCCCCCCCSSCc1ccc(C2COC(c3c(F)cccc3F)=N2)cc1. The van der Waals surface area contributed by atoms with Crippen molar-refractivity contribution in [2.75, 3.05) is 12.4 Å². The Hall–Kier alpha value is -1.53. The summed E-state index contributed by atoms with van der Waals surface area (Å²) in [5, 5.41) is 0. The van der Waals surface area contributed by atoms with Crippen LogP contribution in [0.15, 0.2) is 47.5 Å². The van der Waals surface area contributed by atoms with Gasteiger partial charge in [0.15, 0.2) is 0 Å². The molecule has 1 heterocycles. The van der Waals surface area contributed by atoms with Gasteiger partial charge in [0.05, 0.1) is 0 Å². The molecular formula is C28H37F2NOS2. The standard InChI is InChI=1S/C28H37F2NOS2/c1-2-3-4-5-6-7-8-9-10-11-19-33-34-21-22-15-17-23(18-16-22)26-20-32-28(31-26)27-24(29)13-12-14-25(27)30/h12-18,26H,2-11,19-21H2,1H3. The summed E-state index contributed by atoms with van der Waals surface area (Å²) in [6.45, 7) is 2.57. The Labute approximate surface area is 211 Å². The van der Waals surface area contributed by atoms with E-state index in [2.05, 4.69) is 24.0 Å². The van der Waals surface area contributed by atoms with E-state index in [1.807, 2.05) is 33.7 Å². The molecular weight excluding hydrogens is 468 g/mol. The fourth-order valence-electron chi connectivity index (χ4n) is 4.04. The van der Waals surface area contributed by atoms with Crippen molar-refractivity contribution in [2.45, 2.75) is 82.9 Å². The zero-order valence-corrected chi connectivity index (χ0v) is 21.9. The van der Waals surface area contributed by atoms with Gasteiger partial charge in [-0.25, -0.2) is 13.8 Å². The Balaban J connectivity index is 1.29. The van der Waals surface area contributed by atoms with E-state index in [4.69, 9.17) is 4.74 Å². The quantitative estimate of drug-likeness (QED) is 0.168. The van der Waals surface area contributed by atoms with E-state index >= 15 is 0 Å². The second-order valence-electron chi connectivity index (χ2n) is 8.87. The number of nitrogens with zero attached hydrogens (tertiary/aromatic N) is 1. The zero-order valence-electron chi connectivity index (χ0n) is 20.2. The monoisotopic (exact) mass is 505 g/mol. The van der Waals surface area contributed by atoms with Crippen LogP contribution in [-0.4, -0.2) is 18.3 Å². The summed E-state index contributed by atoms with van der Waals surface area (Å²) in [6.07, 6.45) is 13.8. The fraction of sp³-hybridized carbons (Fsp3) is 0.536. The molecule has 2 aromatic carbocycles. The van der Waals surface area contributed by atoms with E-state index in [1.54, 1.807) is 0 Å². The predicted molar refractivity (Wildman–Crippen MR) is 144 cm³/mol. The second kappa shape index (κ2) is 15.5. The molecule has 1 atom stereocenters. The molecule has 0 radical (unpaired) electrons. The molecule has 186 valence electrons. The lowest BCUT2D eigenvalue weighted by atomic mass is 10.1. The molecule has 0 amide bonds. The van der Waals surface area contributed by atoms with Crippen molar-refractivity contribution in [3.05, 3.63) is 70.8 Å². The lowest BCUT2D eigenvalue weighted by Crippen LogP contribution is -2.07. The van der Waals surface area contributed by atoms with Crippen LogP contribution >= 0.6 is 21.6 Å². The van der Waals surface area contributed by atoms with Crippen LogP contribution in [0, 0.1) is 11.6 Å². The smallest absolute Gasteiger partial charge is 0.222 e. The highest BCUT2D eigenvalue weighted by atomic mass is 33.1. The second-order valence-corrected chi connectivity index (χ2v) is 11.4. The number of ether oxygens (including phenoxy) is 1. The van der Waals surface area contributed by atoms with Crippen LogP contribution in [0.1, 0.15) is 93.9 Å². The topological polar surface area (TPSA) is 21.6 Å². The number of benzene rings is 2. The molecule has 2 nitrogen and oxygen atoms in total. The number of halogens is 2. The average molecular weight is 506 g/mol. The third-order valence-electron chi connectivity index (χ3n) is 6.08. The van der Waals surface area contributed by atoms with Gasteiger partial charge >= 0.3 is 0 Å². The summed E-state index contributed by atoms with van der Waals surface area (Å²) in [5.74, 6) is 0.925. The van der Waals surface area contributed by atoms with Crippen molar-refractivity contribution in [3.63, 3.8) is 0 Å². The summed E-state index contributed by atoms with van der Waals surface area (Å²) in [5.41, 5.74) is 2.09. The molecule has 0 fully saturated rings. The molecule has 0 bridgehead atoms. The van der Waals surface area contributed by atoms with Gasteiger partial charge in [-0.1, -0.05) is 117 Å². The maximum absolute atomic E-state index is 14.0. The molecule has 0 spiro atoms. The third kappa shape index (κ3) is 8.92. The van der Waals surface area contributed by atoms with Crippen LogP contribution in [0.4, 0.5) is 8.78 Å². The van der Waals surface area contributed by atoms with Crippen molar-refractivity contribution in [1.29, 1.82) is 0 Å². The molecule has 1 aliphatic rings. The molecule has 0 saturated heterocycles. The average Bonchev–Trinajstić information content (AvgIpc) is 3.32. The minimum absolute atomic E-state index is 0.0450. The van der Waals surface area contributed by atoms with Gasteiger partial charge in [-0.2, -0.15) is 0 Å². The molecule has 34 heavy (non-hydrogen) atoms. The molecule has 1 aliphatic heterocycles. The van der Waals surface area contributed by atoms with Crippen LogP contribution < -0.4 is 0 Å². The van der Waals surface area contributed by atoms with Gasteiger partial charge in [-0.3, -0.25) is 0 Å². The Morgan fingerprint density at radius 3 is 2.09 bits per heavy atom. The minimum atomic E-state index is -0.651. The highest BCUT2D eigenvalue weighted by molar-refractivity contribution is 8.76. The molecule has 3 rings (SSSR count). The minimum Gasteiger partial charge on any atom is -0.475 e. The molecule has 2 aromatic rings. The van der Waals surface area contributed by atoms with Gasteiger partial charge in [-0.05, 0) is 29.7 Å². The van der Waals surface area contributed by atoms with Gasteiger partial charge in [0.2, 0.25) is 5.90 Å². The molecule has 1 unspecified atom stereocenters. The van der Waals surface area contributed by atoms with E-state index < -0.39 is 11.6 Å². The van der Waals surface area contributed by atoms with Crippen LogP contribution in [-0.2, 0) is 10.5 Å². The fourth-order valence-corrected chi connectivity index (χ4v) is 6.25. The highest BCUT2D eigenvalue weighted by Crippen LogP contribution is 2.30. The molecule has 6 heteroatoms. The summed E-state index contributed by atoms with van der Waals surface area (Å²) in [6, 6.07) is 11.9. The number of rotatable bonds is 16. The molecule has 0 aromatic heterocycles. The normalized spacial score (nSPS) is 15.4. The Morgan fingerprint density at radius 1 is 0.824 bits per heavy atom. The van der Waals surface area contributed by atoms with E-state index in [0.29, 0.717) is 6.61 Å². The molecule has 0 N–H and O–H groups in total. The van der Waals surface area contributed by atoms with Gasteiger partial charge < -0.3 is 4.74 Å². The number of unbranched alkanes of at least 4 members (excludes halogenated alkanes) is 9. The maximum atomic E-state index is 14.0. The van der Waals surface area contributed by atoms with Gasteiger partial charge in [0.25, 0.3) is 0 Å². The number of hydrogen-bond donors (Lipinski definition) is 0. The first-order chi connectivity index (χ1) is 16.7. The number of hydrogen-bond acceptors (Lipinski definition) is 4. The maximum Gasteiger partial charge on any atom is 0.222 e. The first-order valence-corrected chi connectivity index (χ1v) is 15.2. The van der Waals surface area contributed by atoms with Crippen molar-refractivity contribution in [1.82, 2.24) is 0 Å². The van der Waals surface area contributed by atoms with E-state index in [1.165, 1.54) is 93.7 Å². The zero-order chi connectivity index (χ0) is 24.0. The Morgan fingerprint density at radius 2 is 1.44 bits per heavy atom. The van der Waals surface area contributed by atoms with Crippen molar-refractivity contribution < 1.29 is 13.5 Å². The van der Waals surface area contributed by atoms with Gasteiger partial charge in [0.1, 0.15) is 29.8 Å². The van der Waals surface area contributed by atoms with E-state index in [9.17, 15) is 8.78 Å². The molecule has 0 saturated carbocycles. The lowest BCUT2D eigenvalue weighted by Gasteiger charge is -2.07. The van der Waals surface area contributed by atoms with Crippen molar-refractivity contribution >= 4 is 27.5 Å². The first kappa shape index (κ1) is 27.1. The van der Waals surface area contributed by atoms with Crippen LogP contribution in [0.5, 0.6) is 0 Å². The first-order valence-electron chi connectivity index (χ1n) is 12.7. The summed E-state index contributed by atoms with van der Waals surface area (Å²) < 4.78 is 33.5. The predicted octanol–water partition coefficient (Wildman–Crippen LogP) is 9.29. The number of aliphatic imine (C=N–C) groups is 1. The Kier molecular flexibility index (Phi) is 12.3. The van der Waals surface area contributed by atoms with Crippen molar-refractivity contribution in [2.24, 2.45) is 4.99 Å².